The minimum Gasteiger partial charge on any atom is -0.383 e. The molecule has 0 saturated carbocycles. The molecule has 0 spiro atoms. The number of nitrogens with two attached hydrogens (primary N) is 1. The van der Waals surface area contributed by atoms with Crippen LogP contribution in [0, 0.1) is 21.4 Å². The highest BCUT2D eigenvalue weighted by atomic mass is 16.6. The van der Waals surface area contributed by atoms with E-state index >= 15 is 0 Å². The molecule has 7 nitrogen and oxygen atoms in total. The minimum atomic E-state index is -0.500. The standard InChI is InChI=1S/C11H9N5O2/c12-6-5-8-7-14-15(11(8)13)9-3-1-2-4-10(9)16(17)18/h1-4,7H,5,13H2. The lowest BCUT2D eigenvalue weighted by Crippen LogP contribution is -2.05. The van der Waals surface area contributed by atoms with Gasteiger partial charge in [-0.2, -0.15) is 10.4 Å². The average molecular weight is 243 g/mol. The molecule has 2 N–H and O–H groups in total. The number of nitriles is 1. The first kappa shape index (κ1) is 11.6. The Labute approximate surface area is 102 Å². The topological polar surface area (TPSA) is 111 Å². The first-order valence-electron chi connectivity index (χ1n) is 5.08. The van der Waals surface area contributed by atoms with Gasteiger partial charge in [-0.15, -0.1) is 0 Å². The molecule has 0 aliphatic heterocycles. The molecule has 0 unspecified atom stereocenters. The first-order valence-corrected chi connectivity index (χ1v) is 5.08. The maximum absolute atomic E-state index is 10.9. The van der Waals surface area contributed by atoms with Crippen LogP contribution in [0.4, 0.5) is 11.5 Å². The van der Waals surface area contributed by atoms with Gasteiger partial charge in [0.1, 0.15) is 11.5 Å². The zero-order valence-corrected chi connectivity index (χ0v) is 9.28. The van der Waals surface area contributed by atoms with E-state index in [0.717, 1.165) is 0 Å². The number of nitro benzene ring substituents is 1. The van der Waals surface area contributed by atoms with Crippen LogP contribution in [0.2, 0.25) is 0 Å². The summed E-state index contributed by atoms with van der Waals surface area (Å²) in [4.78, 5) is 10.4. The van der Waals surface area contributed by atoms with Crippen molar-refractivity contribution in [3.05, 3.63) is 46.1 Å². The zero-order valence-electron chi connectivity index (χ0n) is 9.28. The number of anilines is 1. The average Bonchev–Trinajstić information content (AvgIpc) is 2.72. The molecular weight excluding hydrogens is 234 g/mol. The molecule has 18 heavy (non-hydrogen) atoms. The van der Waals surface area contributed by atoms with E-state index in [1.165, 1.54) is 16.9 Å². The Bertz CT molecular complexity index is 641. The molecule has 0 bridgehead atoms. The fourth-order valence-corrected chi connectivity index (χ4v) is 1.60. The number of nitrogens with zero attached hydrogens (tertiary/aromatic N) is 4. The van der Waals surface area contributed by atoms with Crippen LogP contribution in [0.3, 0.4) is 0 Å². The summed E-state index contributed by atoms with van der Waals surface area (Å²) in [7, 11) is 0. The van der Waals surface area contributed by atoms with Crippen LogP contribution >= 0.6 is 0 Å². The van der Waals surface area contributed by atoms with Gasteiger partial charge in [0.15, 0.2) is 0 Å². The monoisotopic (exact) mass is 243 g/mol. The Morgan fingerprint density at radius 2 is 2.22 bits per heavy atom. The Hall–Kier alpha value is -2.88. The number of hydrogen-bond acceptors (Lipinski definition) is 5. The Morgan fingerprint density at radius 1 is 1.50 bits per heavy atom. The van der Waals surface area contributed by atoms with Gasteiger partial charge in [-0.25, -0.2) is 4.68 Å². The van der Waals surface area contributed by atoms with Crippen LogP contribution in [-0.2, 0) is 6.42 Å². The number of aromatic nitrogens is 2. The fraction of sp³-hybridized carbons (Fsp3) is 0.0909. The normalized spacial score (nSPS) is 9.94. The lowest BCUT2D eigenvalue weighted by Gasteiger charge is -2.05. The predicted octanol–water partition coefficient (Wildman–Crippen LogP) is 1.43. The molecule has 7 heteroatoms. The maximum Gasteiger partial charge on any atom is 0.294 e. The number of nitrogen functional groups attached to an aromatic ring is 1. The van der Waals surface area contributed by atoms with Crippen LogP contribution < -0.4 is 5.73 Å². The molecular formula is C11H9N5O2. The molecule has 0 aliphatic carbocycles. The molecule has 1 heterocycles. The van der Waals surface area contributed by atoms with Gasteiger partial charge < -0.3 is 5.73 Å². The van der Waals surface area contributed by atoms with E-state index in [4.69, 9.17) is 11.0 Å². The van der Waals surface area contributed by atoms with E-state index in [-0.39, 0.29) is 23.6 Å². The zero-order chi connectivity index (χ0) is 13.1. The summed E-state index contributed by atoms with van der Waals surface area (Å²) >= 11 is 0. The van der Waals surface area contributed by atoms with Crippen molar-refractivity contribution >= 4 is 11.5 Å². The molecule has 0 radical (unpaired) electrons. The minimum absolute atomic E-state index is 0.0872. The second-order valence-corrected chi connectivity index (χ2v) is 3.55. The van der Waals surface area contributed by atoms with E-state index in [9.17, 15) is 10.1 Å². The summed E-state index contributed by atoms with van der Waals surface area (Å²) in [5, 5.41) is 23.5. The van der Waals surface area contributed by atoms with Crippen molar-refractivity contribution in [1.82, 2.24) is 9.78 Å². The quantitative estimate of drug-likeness (QED) is 0.647. The van der Waals surface area contributed by atoms with E-state index in [0.29, 0.717) is 5.56 Å². The lowest BCUT2D eigenvalue weighted by atomic mass is 10.2. The molecule has 0 amide bonds. The molecule has 1 aromatic heterocycles. The summed E-state index contributed by atoms with van der Waals surface area (Å²) in [5.41, 5.74) is 6.56. The van der Waals surface area contributed by atoms with Crippen LogP contribution in [0.5, 0.6) is 0 Å². The number of benzene rings is 1. The molecule has 0 fully saturated rings. The summed E-state index contributed by atoms with van der Waals surface area (Å²) < 4.78 is 1.27. The van der Waals surface area contributed by atoms with E-state index < -0.39 is 4.92 Å². The Kier molecular flexibility index (Phi) is 2.93. The third-order valence-electron chi connectivity index (χ3n) is 2.46. The third-order valence-corrected chi connectivity index (χ3v) is 2.46. The molecule has 2 aromatic rings. The summed E-state index contributed by atoms with van der Waals surface area (Å²) in [5.74, 6) is 0.242. The highest BCUT2D eigenvalue weighted by Crippen LogP contribution is 2.25. The van der Waals surface area contributed by atoms with Gasteiger partial charge in [0.25, 0.3) is 5.69 Å². The summed E-state index contributed by atoms with van der Waals surface area (Å²) in [6.07, 6.45) is 1.56. The molecule has 0 aliphatic rings. The molecule has 90 valence electrons. The molecule has 0 atom stereocenters. The smallest absolute Gasteiger partial charge is 0.294 e. The van der Waals surface area contributed by atoms with E-state index in [1.807, 2.05) is 6.07 Å². The van der Waals surface area contributed by atoms with Crippen LogP contribution in [-0.4, -0.2) is 14.7 Å². The van der Waals surface area contributed by atoms with Gasteiger partial charge in [-0.05, 0) is 6.07 Å². The highest BCUT2D eigenvalue weighted by Gasteiger charge is 2.18. The van der Waals surface area contributed by atoms with Gasteiger partial charge in [0.2, 0.25) is 0 Å². The second kappa shape index (κ2) is 4.55. The van der Waals surface area contributed by atoms with Crippen molar-refractivity contribution in [1.29, 1.82) is 5.26 Å². The van der Waals surface area contributed by atoms with Crippen molar-refractivity contribution in [3.63, 3.8) is 0 Å². The van der Waals surface area contributed by atoms with Crippen molar-refractivity contribution in [2.45, 2.75) is 6.42 Å². The highest BCUT2D eigenvalue weighted by molar-refractivity contribution is 5.57. The number of para-hydroxylation sites is 2. The van der Waals surface area contributed by atoms with Crippen molar-refractivity contribution < 1.29 is 4.92 Å². The van der Waals surface area contributed by atoms with Gasteiger partial charge in [0.05, 0.1) is 23.6 Å². The van der Waals surface area contributed by atoms with Gasteiger partial charge in [0, 0.05) is 11.6 Å². The summed E-state index contributed by atoms with van der Waals surface area (Å²) in [6.45, 7) is 0. The second-order valence-electron chi connectivity index (χ2n) is 3.55. The van der Waals surface area contributed by atoms with Crippen LogP contribution in [0.15, 0.2) is 30.5 Å². The number of rotatable bonds is 3. The van der Waals surface area contributed by atoms with Crippen LogP contribution in [0.25, 0.3) is 5.69 Å². The maximum atomic E-state index is 10.9. The fourth-order valence-electron chi connectivity index (χ4n) is 1.60. The first-order chi connectivity index (χ1) is 8.65. The summed E-state index contributed by atoms with van der Waals surface area (Å²) in [6, 6.07) is 8.12. The van der Waals surface area contributed by atoms with Gasteiger partial charge in [-0.3, -0.25) is 10.1 Å². The Balaban J connectivity index is 2.56. The molecule has 0 saturated heterocycles. The third kappa shape index (κ3) is 1.87. The molecule has 2 rings (SSSR count). The van der Waals surface area contributed by atoms with Gasteiger partial charge >= 0.3 is 0 Å². The predicted molar refractivity (Wildman–Crippen MR) is 63.9 cm³/mol. The lowest BCUT2D eigenvalue weighted by molar-refractivity contribution is -0.384. The Morgan fingerprint density at radius 3 is 2.89 bits per heavy atom. The number of nitro groups is 1. The van der Waals surface area contributed by atoms with Crippen molar-refractivity contribution in [3.8, 4) is 11.8 Å². The largest absolute Gasteiger partial charge is 0.383 e. The number of hydrogen-bond donors (Lipinski definition) is 1. The van der Waals surface area contributed by atoms with Gasteiger partial charge in [-0.1, -0.05) is 12.1 Å². The SMILES string of the molecule is N#CCc1cnn(-c2ccccc2[N+](=O)[O-])c1N. The molecule has 1 aromatic carbocycles. The van der Waals surface area contributed by atoms with Crippen molar-refractivity contribution in [2.75, 3.05) is 5.73 Å². The van der Waals surface area contributed by atoms with E-state index in [2.05, 4.69) is 5.10 Å². The van der Waals surface area contributed by atoms with E-state index in [1.54, 1.807) is 18.2 Å². The van der Waals surface area contributed by atoms with Crippen LogP contribution in [0.1, 0.15) is 5.56 Å². The van der Waals surface area contributed by atoms with Crippen molar-refractivity contribution in [2.24, 2.45) is 0 Å².